The Morgan fingerprint density at radius 1 is 0.886 bits per heavy atom. The molecule has 8 heteroatoms. The molecule has 4 aromatic rings. The van der Waals surface area contributed by atoms with Gasteiger partial charge in [0.25, 0.3) is 0 Å². The molecule has 0 bridgehead atoms. The third-order valence-corrected chi connectivity index (χ3v) is 5.27. The number of carbonyl (C=O) groups is 2. The van der Waals surface area contributed by atoms with E-state index in [0.717, 1.165) is 5.56 Å². The van der Waals surface area contributed by atoms with E-state index in [1.807, 2.05) is 18.2 Å². The summed E-state index contributed by atoms with van der Waals surface area (Å²) in [6.45, 7) is 0.327. The van der Waals surface area contributed by atoms with Crippen molar-refractivity contribution in [1.29, 1.82) is 5.26 Å². The lowest BCUT2D eigenvalue weighted by Crippen LogP contribution is -2.15. The summed E-state index contributed by atoms with van der Waals surface area (Å²) in [6.07, 6.45) is 0. The lowest BCUT2D eigenvalue weighted by atomic mass is 10.1. The molecule has 0 saturated heterocycles. The maximum atomic E-state index is 12.7. The van der Waals surface area contributed by atoms with Crippen molar-refractivity contribution >= 4 is 11.9 Å². The Hall–Kier alpha value is -4.90. The fourth-order valence-electron chi connectivity index (χ4n) is 3.51. The van der Waals surface area contributed by atoms with E-state index >= 15 is 0 Å². The Kier molecular flexibility index (Phi) is 6.88. The molecule has 0 N–H and O–H groups in total. The number of nitriles is 1. The number of carbonyl (C=O) groups excluding carboxylic acids is 2. The highest BCUT2D eigenvalue weighted by molar-refractivity contribution is 6.06. The lowest BCUT2D eigenvalue weighted by molar-refractivity contribution is 0.0549. The van der Waals surface area contributed by atoms with Crippen LogP contribution in [0.4, 0.5) is 0 Å². The molecule has 3 aromatic carbocycles. The molecular formula is C27H21N3O5. The predicted molar refractivity (Wildman–Crippen MR) is 127 cm³/mol. The van der Waals surface area contributed by atoms with Crippen LogP contribution in [0.2, 0.25) is 0 Å². The number of hydrogen-bond donors (Lipinski definition) is 0. The number of aromatic nitrogens is 2. The first-order valence-electron chi connectivity index (χ1n) is 10.6. The number of benzene rings is 3. The molecule has 0 fully saturated rings. The number of hydrogen-bond acceptors (Lipinski definition) is 7. The maximum Gasteiger partial charge on any atom is 0.357 e. The van der Waals surface area contributed by atoms with E-state index in [-0.39, 0.29) is 17.0 Å². The van der Waals surface area contributed by atoms with Gasteiger partial charge in [-0.1, -0.05) is 30.3 Å². The predicted octanol–water partition coefficient (Wildman–Crippen LogP) is 4.56. The molecule has 0 atom stereocenters. The third-order valence-electron chi connectivity index (χ3n) is 5.27. The van der Waals surface area contributed by atoms with Crippen LogP contribution in [0.1, 0.15) is 32.0 Å². The number of methoxy groups -OCH3 is 2. The van der Waals surface area contributed by atoms with Crippen molar-refractivity contribution in [2.24, 2.45) is 0 Å². The highest BCUT2D eigenvalue weighted by Crippen LogP contribution is 2.30. The van der Waals surface area contributed by atoms with Gasteiger partial charge in [-0.25, -0.2) is 14.3 Å². The first-order valence-corrected chi connectivity index (χ1v) is 10.6. The molecular weight excluding hydrogens is 446 g/mol. The van der Waals surface area contributed by atoms with E-state index in [9.17, 15) is 9.59 Å². The molecule has 35 heavy (non-hydrogen) atoms. The lowest BCUT2D eigenvalue weighted by Gasteiger charge is -2.08. The van der Waals surface area contributed by atoms with E-state index < -0.39 is 11.9 Å². The average molecular weight is 467 g/mol. The summed E-state index contributed by atoms with van der Waals surface area (Å²) >= 11 is 0. The van der Waals surface area contributed by atoms with Gasteiger partial charge in [0.2, 0.25) is 0 Å². The monoisotopic (exact) mass is 467 g/mol. The number of para-hydroxylation sites is 1. The Labute approximate surface area is 201 Å². The van der Waals surface area contributed by atoms with Gasteiger partial charge in [0.15, 0.2) is 5.69 Å². The van der Waals surface area contributed by atoms with Crippen molar-refractivity contribution in [2.75, 3.05) is 14.2 Å². The molecule has 0 spiro atoms. The molecule has 0 aliphatic carbocycles. The summed E-state index contributed by atoms with van der Waals surface area (Å²) in [5.41, 5.74) is 2.95. The second-order valence-corrected chi connectivity index (χ2v) is 7.42. The van der Waals surface area contributed by atoms with Crippen LogP contribution in [0, 0.1) is 11.3 Å². The van der Waals surface area contributed by atoms with Crippen molar-refractivity contribution < 1.29 is 23.8 Å². The number of ether oxygens (including phenoxy) is 3. The van der Waals surface area contributed by atoms with Crippen molar-refractivity contribution in [2.45, 2.75) is 6.61 Å². The highest BCUT2D eigenvalue weighted by Gasteiger charge is 2.31. The second kappa shape index (κ2) is 10.4. The number of rotatable bonds is 7. The van der Waals surface area contributed by atoms with Gasteiger partial charge in [-0.3, -0.25) is 0 Å². The van der Waals surface area contributed by atoms with Gasteiger partial charge >= 0.3 is 11.9 Å². The van der Waals surface area contributed by atoms with Gasteiger partial charge in [-0.2, -0.15) is 10.4 Å². The zero-order valence-electron chi connectivity index (χ0n) is 19.1. The van der Waals surface area contributed by atoms with Gasteiger partial charge in [-0.15, -0.1) is 0 Å². The van der Waals surface area contributed by atoms with Crippen LogP contribution < -0.4 is 4.74 Å². The van der Waals surface area contributed by atoms with Crippen LogP contribution in [0.15, 0.2) is 78.9 Å². The Bertz CT molecular complexity index is 1390. The van der Waals surface area contributed by atoms with Crippen molar-refractivity contribution in [3.8, 4) is 28.8 Å². The van der Waals surface area contributed by atoms with Crippen molar-refractivity contribution in [3.63, 3.8) is 0 Å². The minimum Gasteiger partial charge on any atom is -0.489 e. The third kappa shape index (κ3) is 4.89. The topological polar surface area (TPSA) is 103 Å². The van der Waals surface area contributed by atoms with Crippen LogP contribution in [-0.4, -0.2) is 35.9 Å². The first kappa shape index (κ1) is 23.3. The van der Waals surface area contributed by atoms with E-state index in [4.69, 9.17) is 19.5 Å². The SMILES string of the molecule is COC(=O)c1c(-c2ccc(OCc3ccc(C#N)cc3)cc2)nn(-c2ccccc2)c1C(=O)OC. The normalized spacial score (nSPS) is 10.3. The van der Waals surface area contributed by atoms with Gasteiger partial charge in [-0.05, 0) is 54.1 Å². The number of esters is 2. The summed E-state index contributed by atoms with van der Waals surface area (Å²) < 4.78 is 17.1. The average Bonchev–Trinajstić information content (AvgIpc) is 3.33. The van der Waals surface area contributed by atoms with Gasteiger partial charge in [0, 0.05) is 5.56 Å². The van der Waals surface area contributed by atoms with Crippen LogP contribution in [0.5, 0.6) is 5.75 Å². The zero-order chi connectivity index (χ0) is 24.8. The van der Waals surface area contributed by atoms with E-state index in [1.54, 1.807) is 60.7 Å². The van der Waals surface area contributed by atoms with E-state index in [1.165, 1.54) is 18.9 Å². The highest BCUT2D eigenvalue weighted by atomic mass is 16.5. The summed E-state index contributed by atoms with van der Waals surface area (Å²) in [5, 5.41) is 13.5. The minimum absolute atomic E-state index is 0.00875. The standard InChI is InChI=1S/C27H21N3O5/c1-33-26(31)23-24(29-30(25(23)27(32)34-2)21-6-4-3-5-7-21)20-12-14-22(15-13-20)35-17-19-10-8-18(16-28)9-11-19/h3-15H,17H2,1-2H3. The fraction of sp³-hybridized carbons (Fsp3) is 0.111. The molecule has 0 saturated carbocycles. The largest absolute Gasteiger partial charge is 0.489 e. The molecule has 1 heterocycles. The van der Waals surface area contributed by atoms with Crippen LogP contribution in [-0.2, 0) is 16.1 Å². The maximum absolute atomic E-state index is 12.7. The van der Waals surface area contributed by atoms with Gasteiger partial charge < -0.3 is 14.2 Å². The van der Waals surface area contributed by atoms with Gasteiger partial charge in [0.1, 0.15) is 23.6 Å². The Morgan fingerprint density at radius 2 is 1.54 bits per heavy atom. The molecule has 8 nitrogen and oxygen atoms in total. The molecule has 4 rings (SSSR count). The van der Waals surface area contributed by atoms with E-state index in [0.29, 0.717) is 29.2 Å². The summed E-state index contributed by atoms with van der Waals surface area (Å²) in [4.78, 5) is 25.4. The second-order valence-electron chi connectivity index (χ2n) is 7.42. The molecule has 1 aromatic heterocycles. The molecule has 0 unspecified atom stereocenters. The van der Waals surface area contributed by atoms with E-state index in [2.05, 4.69) is 11.2 Å². The molecule has 0 aliphatic heterocycles. The summed E-state index contributed by atoms with van der Waals surface area (Å²) in [7, 11) is 2.48. The quantitative estimate of drug-likeness (QED) is 0.367. The summed E-state index contributed by atoms with van der Waals surface area (Å²) in [6, 6.07) is 25.2. The van der Waals surface area contributed by atoms with Crippen molar-refractivity contribution in [1.82, 2.24) is 9.78 Å². The smallest absolute Gasteiger partial charge is 0.357 e. The molecule has 0 radical (unpaired) electrons. The number of nitrogens with zero attached hydrogens (tertiary/aromatic N) is 3. The Morgan fingerprint density at radius 3 is 2.14 bits per heavy atom. The zero-order valence-corrected chi connectivity index (χ0v) is 19.1. The van der Waals surface area contributed by atoms with Crippen LogP contribution in [0.25, 0.3) is 16.9 Å². The summed E-state index contributed by atoms with van der Waals surface area (Å²) in [5.74, 6) is -0.812. The van der Waals surface area contributed by atoms with Crippen LogP contribution >= 0.6 is 0 Å². The van der Waals surface area contributed by atoms with Crippen LogP contribution in [0.3, 0.4) is 0 Å². The molecule has 0 aliphatic rings. The van der Waals surface area contributed by atoms with Gasteiger partial charge in [0.05, 0.1) is 31.5 Å². The molecule has 174 valence electrons. The fourth-order valence-corrected chi connectivity index (χ4v) is 3.51. The molecule has 0 amide bonds. The van der Waals surface area contributed by atoms with Crippen molar-refractivity contribution in [3.05, 3.63) is 101 Å². The Balaban J connectivity index is 1.69. The first-order chi connectivity index (χ1) is 17.0. The minimum atomic E-state index is -0.713.